The van der Waals surface area contributed by atoms with Gasteiger partial charge in [0.25, 0.3) is 0 Å². The van der Waals surface area contributed by atoms with Gasteiger partial charge < -0.3 is 20.1 Å². The maximum Gasteiger partial charge on any atom is 0.310 e. The minimum atomic E-state index is -0.515. The number of nitrogens with zero attached hydrogens (tertiary/aromatic N) is 1. The lowest BCUT2D eigenvalue weighted by Crippen LogP contribution is -2.53. The molecule has 2 unspecified atom stereocenters. The summed E-state index contributed by atoms with van der Waals surface area (Å²) < 4.78 is 4.81. The first-order chi connectivity index (χ1) is 14.5. The first kappa shape index (κ1) is 23.4. The van der Waals surface area contributed by atoms with E-state index in [0.29, 0.717) is 19.7 Å². The Morgan fingerprint density at radius 1 is 1.23 bits per heavy atom. The number of likely N-dealkylation sites (tertiary alicyclic amines) is 1. The van der Waals surface area contributed by atoms with Crippen molar-refractivity contribution in [3.63, 3.8) is 0 Å². The summed E-state index contributed by atoms with van der Waals surface area (Å²) in [5.74, 6) is -1.32. The zero-order valence-corrected chi connectivity index (χ0v) is 19.0. The molecule has 3 heterocycles. The van der Waals surface area contributed by atoms with E-state index in [1.807, 2.05) is 0 Å². The van der Waals surface area contributed by atoms with Gasteiger partial charge >= 0.3 is 5.97 Å². The summed E-state index contributed by atoms with van der Waals surface area (Å²) in [6, 6.07) is -0.515. The fourth-order valence-corrected chi connectivity index (χ4v) is 7.64. The Balaban J connectivity index is 1.81. The van der Waals surface area contributed by atoms with Crippen LogP contribution < -0.4 is 5.32 Å². The summed E-state index contributed by atoms with van der Waals surface area (Å²) in [7, 11) is 0. The highest BCUT2D eigenvalue weighted by Gasteiger charge is 2.73. The highest BCUT2D eigenvalue weighted by Crippen LogP contribution is 2.66. The number of aliphatic hydroxyl groups is 1. The van der Waals surface area contributed by atoms with Gasteiger partial charge in [-0.1, -0.05) is 26.2 Å². The Morgan fingerprint density at radius 3 is 2.70 bits per heavy atom. The number of carbonyl (C=O) groups excluding carboxylic acids is 3. The number of fused-ring (bicyclic) bond motifs is 1. The number of nitrogens with one attached hydrogen (secondary N) is 1. The molecule has 0 radical (unpaired) electrons. The molecule has 0 aromatic carbocycles. The van der Waals surface area contributed by atoms with Crippen LogP contribution in [0.5, 0.6) is 0 Å². The molecule has 5 atom stereocenters. The summed E-state index contributed by atoms with van der Waals surface area (Å²) in [5, 5.41) is 12.1. The van der Waals surface area contributed by atoms with Gasteiger partial charge in [-0.25, -0.2) is 0 Å². The van der Waals surface area contributed by atoms with E-state index in [1.54, 1.807) is 23.6 Å². The summed E-state index contributed by atoms with van der Waals surface area (Å²) in [6.07, 6.45) is 6.91. The van der Waals surface area contributed by atoms with Crippen molar-refractivity contribution in [1.29, 1.82) is 0 Å². The molecule has 1 spiro atoms. The van der Waals surface area contributed by atoms with Crippen LogP contribution in [-0.4, -0.2) is 70.1 Å². The smallest absolute Gasteiger partial charge is 0.310 e. The average molecular weight is 441 g/mol. The Labute approximate surface area is 183 Å². The van der Waals surface area contributed by atoms with Gasteiger partial charge in [0.05, 0.1) is 23.2 Å². The lowest BCUT2D eigenvalue weighted by Gasteiger charge is -2.34. The average Bonchev–Trinajstić information content (AvgIpc) is 3.36. The fraction of sp³-hybridized carbons (Fsp3) is 0.864. The monoisotopic (exact) mass is 440 g/mol. The molecule has 3 saturated heterocycles. The van der Waals surface area contributed by atoms with Crippen LogP contribution in [0.3, 0.4) is 0 Å². The molecule has 3 rings (SSSR count). The summed E-state index contributed by atoms with van der Waals surface area (Å²) in [5.41, 5.74) is 0. The van der Waals surface area contributed by atoms with E-state index in [9.17, 15) is 14.4 Å². The maximum atomic E-state index is 13.5. The van der Waals surface area contributed by atoms with Crippen molar-refractivity contribution in [2.24, 2.45) is 11.8 Å². The van der Waals surface area contributed by atoms with Gasteiger partial charge in [-0.05, 0) is 39.0 Å². The Bertz CT molecular complexity index is 645. The zero-order chi connectivity index (χ0) is 21.7. The number of hydrogen-bond donors (Lipinski definition) is 2. The lowest BCUT2D eigenvalue weighted by atomic mass is 9.71. The zero-order valence-electron chi connectivity index (χ0n) is 18.2. The number of hydrogen-bond acceptors (Lipinski definition) is 6. The fourth-order valence-electron chi connectivity index (χ4n) is 5.43. The Hall–Kier alpha value is -1.28. The number of carbonyl (C=O) groups is 3. The quantitative estimate of drug-likeness (QED) is 0.356. The van der Waals surface area contributed by atoms with E-state index in [0.717, 1.165) is 51.4 Å². The van der Waals surface area contributed by atoms with Crippen molar-refractivity contribution in [3.8, 4) is 0 Å². The van der Waals surface area contributed by atoms with Crippen molar-refractivity contribution in [2.75, 3.05) is 26.3 Å². The third kappa shape index (κ3) is 4.22. The summed E-state index contributed by atoms with van der Waals surface area (Å²) in [6.45, 7) is 5.48. The van der Waals surface area contributed by atoms with Crippen LogP contribution in [-0.2, 0) is 19.1 Å². The second-order valence-electron chi connectivity index (χ2n) is 8.62. The van der Waals surface area contributed by atoms with Crippen molar-refractivity contribution < 1.29 is 24.2 Å². The van der Waals surface area contributed by atoms with E-state index in [-0.39, 0.29) is 29.6 Å². The van der Waals surface area contributed by atoms with Crippen molar-refractivity contribution in [1.82, 2.24) is 10.2 Å². The molecule has 2 bridgehead atoms. The predicted molar refractivity (Wildman–Crippen MR) is 116 cm³/mol. The van der Waals surface area contributed by atoms with Crippen LogP contribution >= 0.6 is 11.8 Å². The van der Waals surface area contributed by atoms with E-state index in [1.165, 1.54) is 0 Å². The van der Waals surface area contributed by atoms with Crippen LogP contribution in [0.4, 0.5) is 0 Å². The normalized spacial score (nSPS) is 31.8. The molecule has 0 saturated carbocycles. The number of rotatable bonds is 12. The summed E-state index contributed by atoms with van der Waals surface area (Å²) >= 11 is 1.69. The Kier molecular flexibility index (Phi) is 8.07. The van der Waals surface area contributed by atoms with Gasteiger partial charge in [0, 0.05) is 24.9 Å². The minimum Gasteiger partial charge on any atom is -0.466 e. The molecule has 2 amide bonds. The second kappa shape index (κ2) is 10.4. The molecule has 0 aromatic heterocycles. The van der Waals surface area contributed by atoms with Gasteiger partial charge in [-0.3, -0.25) is 14.4 Å². The predicted octanol–water partition coefficient (Wildman–Crippen LogP) is 2.11. The first-order valence-corrected chi connectivity index (χ1v) is 12.4. The van der Waals surface area contributed by atoms with E-state index in [2.05, 4.69) is 12.2 Å². The van der Waals surface area contributed by atoms with E-state index >= 15 is 0 Å². The number of ether oxygens (including phenoxy) is 1. The SMILES string of the molecule is CCCCNC(=O)C1N(CCCCCCO)C(=O)[C@@H]2[C@@H](C(=O)OCC)[C@H]3CCC12S3. The van der Waals surface area contributed by atoms with Crippen molar-refractivity contribution in [2.45, 2.75) is 81.3 Å². The van der Waals surface area contributed by atoms with Gasteiger partial charge in [0.1, 0.15) is 6.04 Å². The highest BCUT2D eigenvalue weighted by molar-refractivity contribution is 8.02. The van der Waals surface area contributed by atoms with Gasteiger partial charge in [-0.15, -0.1) is 11.8 Å². The molecule has 8 heteroatoms. The minimum absolute atomic E-state index is 0.0550. The van der Waals surface area contributed by atoms with Gasteiger partial charge in [0.15, 0.2) is 0 Å². The van der Waals surface area contributed by atoms with Gasteiger partial charge in [-0.2, -0.15) is 0 Å². The number of amides is 2. The molecule has 0 aliphatic carbocycles. The number of unbranched alkanes of at least 4 members (excludes halogenated alkanes) is 4. The number of esters is 1. The van der Waals surface area contributed by atoms with Crippen LogP contribution in [0.15, 0.2) is 0 Å². The molecule has 3 aliphatic heterocycles. The van der Waals surface area contributed by atoms with Crippen LogP contribution in [0.2, 0.25) is 0 Å². The van der Waals surface area contributed by atoms with E-state index in [4.69, 9.17) is 9.84 Å². The molecule has 2 N–H and O–H groups in total. The molecule has 170 valence electrons. The van der Waals surface area contributed by atoms with Crippen molar-refractivity contribution in [3.05, 3.63) is 0 Å². The molecule has 3 aliphatic rings. The third-order valence-corrected chi connectivity index (χ3v) is 8.70. The van der Waals surface area contributed by atoms with E-state index < -0.39 is 22.6 Å². The summed E-state index contributed by atoms with van der Waals surface area (Å²) in [4.78, 5) is 41.3. The van der Waals surface area contributed by atoms with Crippen LogP contribution in [0.25, 0.3) is 0 Å². The largest absolute Gasteiger partial charge is 0.466 e. The highest BCUT2D eigenvalue weighted by atomic mass is 32.2. The van der Waals surface area contributed by atoms with Crippen molar-refractivity contribution >= 4 is 29.5 Å². The molecule has 30 heavy (non-hydrogen) atoms. The first-order valence-electron chi connectivity index (χ1n) is 11.5. The van der Waals surface area contributed by atoms with Gasteiger partial charge in [0.2, 0.25) is 11.8 Å². The molecule has 7 nitrogen and oxygen atoms in total. The molecular formula is C22H36N2O5S. The Morgan fingerprint density at radius 2 is 2.00 bits per heavy atom. The molecule has 3 fully saturated rings. The molecule has 0 aromatic rings. The van der Waals surface area contributed by atoms with Crippen LogP contribution in [0, 0.1) is 11.8 Å². The number of thioether (sulfide) groups is 1. The standard InChI is InChI=1S/C22H36N2O5S/c1-3-5-12-23-19(26)18-22-11-10-15(30-22)16(21(28)29-4-2)17(22)20(27)24(18)13-8-6-7-9-14-25/h15-18,25H,3-14H2,1-2H3,(H,23,26)/t15-,16+,17+,18?,22?/m1/s1. The topological polar surface area (TPSA) is 95.9 Å². The third-order valence-electron chi connectivity index (χ3n) is 6.74. The number of aliphatic hydroxyl groups excluding tert-OH is 1. The molecular weight excluding hydrogens is 404 g/mol. The lowest BCUT2D eigenvalue weighted by molar-refractivity contribution is -0.153. The second-order valence-corrected chi connectivity index (χ2v) is 10.2. The van der Waals surface area contributed by atoms with Crippen LogP contribution in [0.1, 0.15) is 65.2 Å². The maximum absolute atomic E-state index is 13.5.